The van der Waals surface area contributed by atoms with E-state index in [2.05, 4.69) is 15.4 Å². The molecule has 0 spiro atoms. The minimum atomic E-state index is -4.06. The molecule has 0 aliphatic heterocycles. The van der Waals surface area contributed by atoms with E-state index in [0.29, 0.717) is 11.3 Å². The Morgan fingerprint density at radius 2 is 1.53 bits per heavy atom. The lowest BCUT2D eigenvalue weighted by atomic mass is 10.1. The van der Waals surface area contributed by atoms with E-state index in [1.54, 1.807) is 18.2 Å². The summed E-state index contributed by atoms with van der Waals surface area (Å²) in [5, 5.41) is 16.0. The Morgan fingerprint density at radius 1 is 0.844 bits per heavy atom. The van der Waals surface area contributed by atoms with Crippen molar-refractivity contribution in [3.63, 3.8) is 0 Å². The van der Waals surface area contributed by atoms with Crippen LogP contribution in [0.2, 0.25) is 0 Å². The highest BCUT2D eigenvalue weighted by Crippen LogP contribution is 2.21. The van der Waals surface area contributed by atoms with Crippen molar-refractivity contribution >= 4 is 38.9 Å². The fourth-order valence-corrected chi connectivity index (χ4v) is 3.85. The molecule has 0 aromatic heterocycles. The maximum atomic E-state index is 12.5. The average Bonchev–Trinajstić information content (AvgIpc) is 2.79. The zero-order chi connectivity index (χ0) is 23.3. The maximum Gasteiger partial charge on any atom is 0.270 e. The number of nitro benzene ring substituents is 1. The number of non-ortho nitro benzene ring substituents is 1. The largest absolute Gasteiger partial charge is 0.355 e. The molecule has 0 aliphatic rings. The van der Waals surface area contributed by atoms with Gasteiger partial charge < -0.3 is 10.6 Å². The lowest BCUT2D eigenvalue weighted by molar-refractivity contribution is -0.385. The first-order valence-corrected chi connectivity index (χ1v) is 10.7. The zero-order valence-electron chi connectivity index (χ0n) is 16.7. The molecule has 0 heterocycles. The number of carbonyl (C=O) groups excluding carboxylic acids is 2. The van der Waals surface area contributed by atoms with E-state index in [-0.39, 0.29) is 27.7 Å². The second-order valence-electron chi connectivity index (χ2n) is 6.55. The number of nitro groups is 1. The molecule has 0 aliphatic carbocycles. The second kappa shape index (κ2) is 9.27. The summed E-state index contributed by atoms with van der Waals surface area (Å²) in [6.07, 6.45) is 0. The highest BCUT2D eigenvalue weighted by atomic mass is 32.2. The van der Waals surface area contributed by atoms with Gasteiger partial charge in [-0.15, -0.1) is 0 Å². The van der Waals surface area contributed by atoms with E-state index in [0.717, 1.165) is 6.07 Å². The Hall–Kier alpha value is -4.25. The lowest BCUT2D eigenvalue weighted by Crippen LogP contribution is -2.18. The number of nitrogens with zero attached hydrogens (tertiary/aromatic N) is 1. The molecule has 2 amide bonds. The number of carbonyl (C=O) groups is 2. The molecule has 32 heavy (non-hydrogen) atoms. The van der Waals surface area contributed by atoms with Gasteiger partial charge in [0.2, 0.25) is 0 Å². The normalized spacial score (nSPS) is 10.8. The van der Waals surface area contributed by atoms with Gasteiger partial charge in [-0.25, -0.2) is 8.42 Å². The SMILES string of the molecule is CNC(=O)c1cccc(NC(=O)c2ccc(NS(=O)(=O)c3cccc([N+](=O)[O-])c3)cc2)c1. The molecule has 164 valence electrons. The second-order valence-corrected chi connectivity index (χ2v) is 8.23. The first kappa shape index (κ1) is 22.4. The van der Waals surface area contributed by atoms with Crippen LogP contribution in [0.5, 0.6) is 0 Å². The molecule has 0 saturated carbocycles. The van der Waals surface area contributed by atoms with Crippen molar-refractivity contribution in [2.45, 2.75) is 4.90 Å². The van der Waals surface area contributed by atoms with Crippen LogP contribution >= 0.6 is 0 Å². The average molecular weight is 454 g/mol. The minimum Gasteiger partial charge on any atom is -0.355 e. The van der Waals surface area contributed by atoms with Gasteiger partial charge in [-0.2, -0.15) is 0 Å². The number of benzene rings is 3. The first-order chi connectivity index (χ1) is 15.2. The van der Waals surface area contributed by atoms with E-state index in [9.17, 15) is 28.1 Å². The number of hydrogen-bond acceptors (Lipinski definition) is 6. The molecule has 3 N–H and O–H groups in total. The molecular weight excluding hydrogens is 436 g/mol. The van der Waals surface area contributed by atoms with Crippen LogP contribution in [0.3, 0.4) is 0 Å². The van der Waals surface area contributed by atoms with Crippen LogP contribution in [-0.4, -0.2) is 32.2 Å². The molecule has 3 aromatic carbocycles. The molecule has 0 fully saturated rings. The van der Waals surface area contributed by atoms with Crippen molar-refractivity contribution in [2.75, 3.05) is 17.1 Å². The monoisotopic (exact) mass is 454 g/mol. The van der Waals surface area contributed by atoms with Gasteiger partial charge in [0, 0.05) is 41.7 Å². The van der Waals surface area contributed by atoms with Crippen molar-refractivity contribution < 1.29 is 22.9 Å². The highest BCUT2D eigenvalue weighted by molar-refractivity contribution is 7.92. The molecule has 0 bridgehead atoms. The van der Waals surface area contributed by atoms with Crippen LogP contribution in [-0.2, 0) is 10.0 Å². The van der Waals surface area contributed by atoms with Crippen LogP contribution in [0, 0.1) is 10.1 Å². The van der Waals surface area contributed by atoms with Crippen molar-refractivity contribution in [3.8, 4) is 0 Å². The highest BCUT2D eigenvalue weighted by Gasteiger charge is 2.18. The smallest absolute Gasteiger partial charge is 0.270 e. The zero-order valence-corrected chi connectivity index (χ0v) is 17.5. The fraction of sp³-hybridized carbons (Fsp3) is 0.0476. The molecule has 0 unspecified atom stereocenters. The van der Waals surface area contributed by atoms with Crippen LogP contribution in [0.1, 0.15) is 20.7 Å². The van der Waals surface area contributed by atoms with E-state index < -0.39 is 20.9 Å². The predicted octanol–water partition coefficient (Wildman–Crippen LogP) is 3.01. The summed E-state index contributed by atoms with van der Waals surface area (Å²) in [6.45, 7) is 0. The van der Waals surface area contributed by atoms with E-state index in [4.69, 9.17) is 0 Å². The third-order valence-electron chi connectivity index (χ3n) is 4.35. The van der Waals surface area contributed by atoms with Crippen LogP contribution in [0.15, 0.2) is 77.7 Å². The van der Waals surface area contributed by atoms with Crippen molar-refractivity contribution in [3.05, 3.63) is 94.0 Å². The molecular formula is C21H18N4O6S. The summed E-state index contributed by atoms with van der Waals surface area (Å²) >= 11 is 0. The van der Waals surface area contributed by atoms with Crippen molar-refractivity contribution in [1.82, 2.24) is 5.32 Å². The third kappa shape index (κ3) is 5.26. The van der Waals surface area contributed by atoms with E-state index >= 15 is 0 Å². The Labute approximate surface area is 183 Å². The van der Waals surface area contributed by atoms with Crippen molar-refractivity contribution in [1.29, 1.82) is 0 Å². The van der Waals surface area contributed by atoms with Gasteiger partial charge in [-0.05, 0) is 48.5 Å². The fourth-order valence-electron chi connectivity index (χ4n) is 2.75. The topological polar surface area (TPSA) is 148 Å². The number of hydrogen-bond donors (Lipinski definition) is 3. The molecule has 10 nitrogen and oxygen atoms in total. The van der Waals surface area contributed by atoms with Crippen LogP contribution < -0.4 is 15.4 Å². The number of nitrogens with one attached hydrogen (secondary N) is 3. The number of amides is 2. The summed E-state index contributed by atoms with van der Waals surface area (Å²) < 4.78 is 27.3. The summed E-state index contributed by atoms with van der Waals surface area (Å²) in [4.78, 5) is 34.1. The maximum absolute atomic E-state index is 12.5. The van der Waals surface area contributed by atoms with Gasteiger partial charge in [0.15, 0.2) is 0 Å². The van der Waals surface area contributed by atoms with E-state index in [1.165, 1.54) is 55.6 Å². The predicted molar refractivity (Wildman–Crippen MR) is 118 cm³/mol. The number of sulfonamides is 1. The molecule has 0 saturated heterocycles. The lowest BCUT2D eigenvalue weighted by Gasteiger charge is -2.10. The minimum absolute atomic E-state index is 0.176. The summed E-state index contributed by atoms with van der Waals surface area (Å²) in [6, 6.07) is 16.7. The van der Waals surface area contributed by atoms with Crippen LogP contribution in [0.25, 0.3) is 0 Å². The number of anilines is 2. The Balaban J connectivity index is 1.72. The van der Waals surface area contributed by atoms with Gasteiger partial charge in [0.1, 0.15) is 0 Å². The summed E-state index contributed by atoms with van der Waals surface area (Å²) in [5.74, 6) is -0.742. The van der Waals surface area contributed by atoms with Gasteiger partial charge in [-0.1, -0.05) is 12.1 Å². The standard InChI is InChI=1S/C21H18N4O6S/c1-22-20(26)15-4-2-5-17(12-15)23-21(27)14-8-10-16(11-9-14)24-32(30,31)19-7-3-6-18(13-19)25(28)29/h2-13,24H,1H3,(H,22,26)(H,23,27). The van der Waals surface area contributed by atoms with Gasteiger partial charge in [-0.3, -0.25) is 24.4 Å². The molecule has 11 heteroatoms. The Kier molecular flexibility index (Phi) is 6.50. The quantitative estimate of drug-likeness (QED) is 0.369. The van der Waals surface area contributed by atoms with E-state index in [1.807, 2.05) is 0 Å². The van der Waals surface area contributed by atoms with Gasteiger partial charge in [0.05, 0.1) is 9.82 Å². The van der Waals surface area contributed by atoms with Crippen molar-refractivity contribution in [2.24, 2.45) is 0 Å². The third-order valence-corrected chi connectivity index (χ3v) is 5.73. The summed E-state index contributed by atoms with van der Waals surface area (Å²) in [5.41, 5.74) is 0.895. The van der Waals surface area contributed by atoms with Gasteiger partial charge in [0.25, 0.3) is 27.5 Å². The Morgan fingerprint density at radius 3 is 2.19 bits per heavy atom. The number of rotatable bonds is 7. The van der Waals surface area contributed by atoms with Gasteiger partial charge >= 0.3 is 0 Å². The summed E-state index contributed by atoms with van der Waals surface area (Å²) in [7, 11) is -2.56. The molecule has 3 aromatic rings. The molecule has 0 radical (unpaired) electrons. The first-order valence-electron chi connectivity index (χ1n) is 9.20. The molecule has 0 atom stereocenters. The Bertz CT molecular complexity index is 1290. The molecule has 3 rings (SSSR count). The van der Waals surface area contributed by atoms with Crippen LogP contribution in [0.4, 0.5) is 17.1 Å².